The molecule has 3 aromatic rings. The lowest BCUT2D eigenvalue weighted by Gasteiger charge is -2.14. The summed E-state index contributed by atoms with van der Waals surface area (Å²) in [6, 6.07) is 20.5. The Hall–Kier alpha value is -3.78. The first kappa shape index (κ1) is 21.5. The van der Waals surface area contributed by atoms with Gasteiger partial charge >= 0.3 is 0 Å². The first-order chi connectivity index (χ1) is 15.5. The number of nitrogens with two attached hydrogens (primary N) is 1. The number of rotatable bonds is 8. The van der Waals surface area contributed by atoms with Gasteiger partial charge in [-0.25, -0.2) is 0 Å². The lowest BCUT2D eigenvalue weighted by molar-refractivity contribution is -0.123. The fourth-order valence-electron chi connectivity index (χ4n) is 3.28. The summed E-state index contributed by atoms with van der Waals surface area (Å²) in [5.74, 6) is 0.0982. The quantitative estimate of drug-likeness (QED) is 0.526. The van der Waals surface area contributed by atoms with Gasteiger partial charge in [-0.1, -0.05) is 54.6 Å². The minimum absolute atomic E-state index is 0.130. The Morgan fingerprint density at radius 1 is 0.938 bits per heavy atom. The van der Waals surface area contributed by atoms with Crippen molar-refractivity contribution in [3.05, 3.63) is 77.2 Å². The number of carbonyl (C=O) groups excluding carboxylic acids is 3. The standard InChI is InChI=1S/C24H20N2O5S/c25-22(27)15-31-19-10-4-2-7-17(19)14-21-23(28)26(24(29)32-21)12-13-30-20-11-5-8-16-6-1-3-9-18(16)20/h1-11,14H,12-13,15H2,(H2,25,27)/b21-14-. The average molecular weight is 449 g/mol. The number of para-hydroxylation sites is 1. The van der Waals surface area contributed by atoms with Crippen LogP contribution in [-0.4, -0.2) is 41.7 Å². The van der Waals surface area contributed by atoms with Gasteiger partial charge in [0.2, 0.25) is 0 Å². The van der Waals surface area contributed by atoms with Crippen molar-refractivity contribution in [2.24, 2.45) is 5.73 Å². The molecule has 1 saturated heterocycles. The van der Waals surface area contributed by atoms with E-state index in [1.165, 1.54) is 0 Å². The SMILES string of the molecule is NC(=O)COc1ccccc1/C=C1\SC(=O)N(CCOc2cccc3ccccc23)C1=O. The van der Waals surface area contributed by atoms with Crippen LogP contribution in [0.4, 0.5) is 4.79 Å². The molecule has 0 saturated carbocycles. The van der Waals surface area contributed by atoms with E-state index in [0.29, 0.717) is 17.1 Å². The van der Waals surface area contributed by atoms with Crippen LogP contribution in [0.5, 0.6) is 11.5 Å². The van der Waals surface area contributed by atoms with Crippen LogP contribution < -0.4 is 15.2 Å². The summed E-state index contributed by atoms with van der Waals surface area (Å²) in [5, 5.41) is 1.66. The smallest absolute Gasteiger partial charge is 0.293 e. The highest BCUT2D eigenvalue weighted by atomic mass is 32.2. The number of imide groups is 1. The molecule has 1 fully saturated rings. The molecule has 162 valence electrons. The van der Waals surface area contributed by atoms with Gasteiger partial charge in [0, 0.05) is 10.9 Å². The number of fused-ring (bicyclic) bond motifs is 1. The van der Waals surface area contributed by atoms with Gasteiger partial charge in [-0.3, -0.25) is 19.3 Å². The van der Waals surface area contributed by atoms with Crippen molar-refractivity contribution in [2.45, 2.75) is 0 Å². The molecule has 0 aromatic heterocycles. The van der Waals surface area contributed by atoms with Crippen LogP contribution in [0.25, 0.3) is 16.8 Å². The second kappa shape index (κ2) is 9.57. The molecule has 0 atom stereocenters. The van der Waals surface area contributed by atoms with E-state index in [2.05, 4.69) is 0 Å². The summed E-state index contributed by atoms with van der Waals surface area (Å²) in [6.45, 7) is 0.0283. The number of benzene rings is 3. The summed E-state index contributed by atoms with van der Waals surface area (Å²) < 4.78 is 11.3. The predicted octanol–water partition coefficient (Wildman–Crippen LogP) is 3.82. The van der Waals surface area contributed by atoms with Crippen molar-refractivity contribution in [2.75, 3.05) is 19.8 Å². The topological polar surface area (TPSA) is 98.9 Å². The molecule has 3 aromatic carbocycles. The Morgan fingerprint density at radius 3 is 2.50 bits per heavy atom. The molecule has 2 N–H and O–H groups in total. The van der Waals surface area contributed by atoms with E-state index in [0.717, 1.165) is 27.4 Å². The largest absolute Gasteiger partial charge is 0.491 e. The van der Waals surface area contributed by atoms with Crippen molar-refractivity contribution >= 4 is 45.7 Å². The van der Waals surface area contributed by atoms with E-state index in [1.54, 1.807) is 30.3 Å². The van der Waals surface area contributed by atoms with Gasteiger partial charge < -0.3 is 15.2 Å². The molecule has 32 heavy (non-hydrogen) atoms. The number of ether oxygens (including phenoxy) is 2. The third kappa shape index (κ3) is 4.76. The summed E-state index contributed by atoms with van der Waals surface area (Å²) in [4.78, 5) is 37.7. The summed E-state index contributed by atoms with van der Waals surface area (Å²) in [6.07, 6.45) is 1.58. The first-order valence-corrected chi connectivity index (χ1v) is 10.7. The molecule has 7 nitrogen and oxygen atoms in total. The molecule has 0 spiro atoms. The molecule has 0 aliphatic carbocycles. The minimum Gasteiger partial charge on any atom is -0.491 e. The van der Waals surface area contributed by atoms with Gasteiger partial charge in [0.05, 0.1) is 11.4 Å². The van der Waals surface area contributed by atoms with Crippen LogP contribution in [0.1, 0.15) is 5.56 Å². The van der Waals surface area contributed by atoms with Gasteiger partial charge in [0.25, 0.3) is 17.1 Å². The Labute approximate surface area is 188 Å². The number of thioether (sulfide) groups is 1. The van der Waals surface area contributed by atoms with E-state index in [-0.39, 0.29) is 29.9 Å². The number of amides is 3. The zero-order valence-corrected chi connectivity index (χ0v) is 17.8. The third-order valence-corrected chi connectivity index (χ3v) is 5.68. The fourth-order valence-corrected chi connectivity index (χ4v) is 4.14. The van der Waals surface area contributed by atoms with Gasteiger partial charge in [0.15, 0.2) is 6.61 Å². The van der Waals surface area contributed by atoms with E-state index in [1.807, 2.05) is 42.5 Å². The summed E-state index contributed by atoms with van der Waals surface area (Å²) in [5.41, 5.74) is 5.71. The lowest BCUT2D eigenvalue weighted by Crippen LogP contribution is -2.32. The number of carbonyl (C=O) groups is 3. The third-order valence-electron chi connectivity index (χ3n) is 4.77. The van der Waals surface area contributed by atoms with Gasteiger partial charge in [-0.05, 0) is 35.4 Å². The molecule has 0 bridgehead atoms. The van der Waals surface area contributed by atoms with Crippen molar-refractivity contribution in [1.29, 1.82) is 0 Å². The van der Waals surface area contributed by atoms with Crippen LogP contribution >= 0.6 is 11.8 Å². The van der Waals surface area contributed by atoms with Gasteiger partial charge in [0.1, 0.15) is 18.1 Å². The molecule has 3 amide bonds. The summed E-state index contributed by atoms with van der Waals surface area (Å²) >= 11 is 0.854. The summed E-state index contributed by atoms with van der Waals surface area (Å²) in [7, 11) is 0. The number of hydrogen-bond donors (Lipinski definition) is 1. The molecule has 0 radical (unpaired) electrons. The number of nitrogens with zero attached hydrogens (tertiary/aromatic N) is 1. The van der Waals surface area contributed by atoms with Gasteiger partial charge in [-0.2, -0.15) is 0 Å². The highest BCUT2D eigenvalue weighted by Gasteiger charge is 2.35. The first-order valence-electron chi connectivity index (χ1n) is 9.89. The molecular formula is C24H20N2O5S. The second-order valence-electron chi connectivity index (χ2n) is 6.95. The van der Waals surface area contributed by atoms with E-state index in [4.69, 9.17) is 15.2 Å². The molecule has 0 unspecified atom stereocenters. The zero-order chi connectivity index (χ0) is 22.5. The highest BCUT2D eigenvalue weighted by molar-refractivity contribution is 8.18. The Kier molecular flexibility index (Phi) is 6.42. The van der Waals surface area contributed by atoms with Crippen molar-refractivity contribution in [3.63, 3.8) is 0 Å². The van der Waals surface area contributed by atoms with Gasteiger partial charge in [-0.15, -0.1) is 0 Å². The monoisotopic (exact) mass is 448 g/mol. The van der Waals surface area contributed by atoms with Crippen LogP contribution in [0, 0.1) is 0 Å². The van der Waals surface area contributed by atoms with E-state index < -0.39 is 11.8 Å². The van der Waals surface area contributed by atoms with E-state index >= 15 is 0 Å². The van der Waals surface area contributed by atoms with Crippen molar-refractivity contribution in [1.82, 2.24) is 4.90 Å². The number of hydrogen-bond acceptors (Lipinski definition) is 6. The van der Waals surface area contributed by atoms with Crippen LogP contribution in [0.2, 0.25) is 0 Å². The average Bonchev–Trinajstić information content (AvgIpc) is 3.06. The minimum atomic E-state index is -0.605. The normalized spacial score (nSPS) is 14.9. The molecule has 1 aliphatic heterocycles. The Balaban J connectivity index is 1.44. The van der Waals surface area contributed by atoms with E-state index in [9.17, 15) is 14.4 Å². The molecule has 1 aliphatic rings. The maximum atomic E-state index is 12.8. The van der Waals surface area contributed by atoms with Crippen LogP contribution in [-0.2, 0) is 9.59 Å². The maximum Gasteiger partial charge on any atom is 0.293 e. The maximum absolute atomic E-state index is 12.8. The molecule has 1 heterocycles. The van der Waals surface area contributed by atoms with Crippen molar-refractivity contribution in [3.8, 4) is 11.5 Å². The Morgan fingerprint density at radius 2 is 1.66 bits per heavy atom. The van der Waals surface area contributed by atoms with Crippen molar-refractivity contribution < 1.29 is 23.9 Å². The predicted molar refractivity (Wildman–Crippen MR) is 123 cm³/mol. The zero-order valence-electron chi connectivity index (χ0n) is 17.0. The lowest BCUT2D eigenvalue weighted by atomic mass is 10.1. The second-order valence-corrected chi connectivity index (χ2v) is 7.95. The molecular weight excluding hydrogens is 428 g/mol. The van der Waals surface area contributed by atoms with Crippen LogP contribution in [0.3, 0.4) is 0 Å². The fraction of sp³-hybridized carbons (Fsp3) is 0.125. The molecule has 8 heteroatoms. The highest BCUT2D eigenvalue weighted by Crippen LogP contribution is 2.34. The van der Waals surface area contributed by atoms with Crippen LogP contribution in [0.15, 0.2) is 71.6 Å². The molecule has 4 rings (SSSR count). The number of primary amides is 1. The Bertz CT molecular complexity index is 1220.